The molecule has 2 aromatic carbocycles. The number of anilines is 1. The van der Waals surface area contributed by atoms with Crippen molar-refractivity contribution in [2.75, 3.05) is 36.9 Å². The summed E-state index contributed by atoms with van der Waals surface area (Å²) in [6, 6.07) is 11.5. The summed E-state index contributed by atoms with van der Waals surface area (Å²) in [5, 5.41) is 3.33. The third-order valence-electron chi connectivity index (χ3n) is 5.25. The molecule has 0 aliphatic carbocycles. The maximum absolute atomic E-state index is 12.8. The highest BCUT2D eigenvalue weighted by Crippen LogP contribution is 2.29. The lowest BCUT2D eigenvalue weighted by Crippen LogP contribution is -2.47. The molecule has 174 valence electrons. The Morgan fingerprint density at radius 3 is 2.31 bits per heavy atom. The Balaban J connectivity index is 1.62. The number of morpholine rings is 1. The third kappa shape index (κ3) is 6.59. The van der Waals surface area contributed by atoms with E-state index in [-0.39, 0.29) is 10.7 Å². The van der Waals surface area contributed by atoms with Crippen molar-refractivity contribution in [1.82, 2.24) is 10.2 Å². The predicted octanol–water partition coefficient (Wildman–Crippen LogP) is 3.30. The molecule has 0 bridgehead atoms. The molecule has 1 heterocycles. The van der Waals surface area contributed by atoms with E-state index in [4.69, 9.17) is 27.9 Å². The predicted molar refractivity (Wildman–Crippen MR) is 128 cm³/mol. The molecular weight excluding hydrogens is 473 g/mol. The molecule has 0 spiro atoms. The summed E-state index contributed by atoms with van der Waals surface area (Å²) < 4.78 is 31.2. The number of nitrogens with zero attached hydrogens (tertiary/aromatic N) is 2. The number of sulfonamides is 1. The maximum atomic E-state index is 12.8. The van der Waals surface area contributed by atoms with Gasteiger partial charge in [0.05, 0.1) is 35.2 Å². The molecule has 0 unspecified atom stereocenters. The highest BCUT2D eigenvalue weighted by molar-refractivity contribution is 7.92. The number of ether oxygens (including phenoxy) is 1. The van der Waals surface area contributed by atoms with E-state index < -0.39 is 22.0 Å². The van der Waals surface area contributed by atoms with Crippen LogP contribution in [0.15, 0.2) is 42.5 Å². The second-order valence-corrected chi connectivity index (χ2v) is 10.4. The van der Waals surface area contributed by atoms with E-state index in [1.165, 1.54) is 30.7 Å². The molecule has 3 rings (SSSR count). The Morgan fingerprint density at radius 1 is 1.09 bits per heavy atom. The quantitative estimate of drug-likeness (QED) is 0.602. The molecule has 10 heteroatoms. The van der Waals surface area contributed by atoms with Gasteiger partial charge in [-0.3, -0.25) is 14.0 Å². The second-order valence-electron chi connectivity index (χ2n) is 7.76. The summed E-state index contributed by atoms with van der Waals surface area (Å²) in [5.74, 6) is -0.418. The molecule has 0 radical (unpaired) electrons. The third-order valence-corrected chi connectivity index (χ3v) is 7.23. The Labute approximate surface area is 199 Å². The first-order valence-electron chi connectivity index (χ1n) is 10.3. The number of amides is 1. The van der Waals surface area contributed by atoms with Crippen LogP contribution in [0.3, 0.4) is 0 Å². The highest BCUT2D eigenvalue weighted by Gasteiger charge is 2.29. The number of hydrogen-bond acceptors (Lipinski definition) is 5. The van der Waals surface area contributed by atoms with Crippen molar-refractivity contribution in [3.63, 3.8) is 0 Å². The van der Waals surface area contributed by atoms with Gasteiger partial charge in [-0.15, -0.1) is 0 Å². The van der Waals surface area contributed by atoms with Crippen LogP contribution >= 0.6 is 23.2 Å². The summed E-state index contributed by atoms with van der Waals surface area (Å²) in [4.78, 5) is 15.1. The topological polar surface area (TPSA) is 79.0 Å². The molecule has 1 aliphatic heterocycles. The molecule has 1 aliphatic rings. The van der Waals surface area contributed by atoms with E-state index in [0.29, 0.717) is 11.6 Å². The zero-order valence-corrected chi connectivity index (χ0v) is 20.4. The van der Waals surface area contributed by atoms with Crippen molar-refractivity contribution >= 4 is 44.8 Å². The Morgan fingerprint density at radius 2 is 1.72 bits per heavy atom. The van der Waals surface area contributed by atoms with Crippen LogP contribution in [0, 0.1) is 0 Å². The van der Waals surface area contributed by atoms with E-state index in [0.717, 1.165) is 49.0 Å². The van der Waals surface area contributed by atoms with Crippen LogP contribution in [0.25, 0.3) is 0 Å². The van der Waals surface area contributed by atoms with Gasteiger partial charge < -0.3 is 10.1 Å². The number of hydrogen-bond donors (Lipinski definition) is 1. The van der Waals surface area contributed by atoms with Crippen LogP contribution in [-0.4, -0.2) is 57.8 Å². The number of rotatable bonds is 8. The Bertz CT molecular complexity index is 1040. The SMILES string of the molecule is C[C@H](C(=O)NCc1ccc(CN2CCOCC2)cc1)N(c1ccc(Cl)c(Cl)c1)S(C)(=O)=O. The molecule has 0 saturated carbocycles. The lowest BCUT2D eigenvalue weighted by Gasteiger charge is -2.28. The van der Waals surface area contributed by atoms with Crippen LogP contribution in [0.4, 0.5) is 5.69 Å². The fourth-order valence-corrected chi connectivity index (χ4v) is 5.01. The van der Waals surface area contributed by atoms with Gasteiger partial charge in [-0.25, -0.2) is 8.42 Å². The van der Waals surface area contributed by atoms with Gasteiger partial charge in [0, 0.05) is 26.2 Å². The molecule has 1 amide bonds. The normalized spacial score (nSPS) is 15.9. The van der Waals surface area contributed by atoms with E-state index in [9.17, 15) is 13.2 Å². The molecule has 1 atom stereocenters. The fraction of sp³-hybridized carbons (Fsp3) is 0.409. The van der Waals surface area contributed by atoms with E-state index in [2.05, 4.69) is 10.2 Å². The van der Waals surface area contributed by atoms with Crippen molar-refractivity contribution in [2.24, 2.45) is 0 Å². The minimum atomic E-state index is -3.74. The first kappa shape index (κ1) is 24.8. The van der Waals surface area contributed by atoms with Crippen molar-refractivity contribution < 1.29 is 17.9 Å². The van der Waals surface area contributed by atoms with Crippen LogP contribution in [-0.2, 0) is 32.6 Å². The number of halogens is 2. The first-order chi connectivity index (χ1) is 15.1. The van der Waals surface area contributed by atoms with Gasteiger partial charge in [0.1, 0.15) is 6.04 Å². The molecular formula is C22H27Cl2N3O4S. The van der Waals surface area contributed by atoms with E-state index >= 15 is 0 Å². The zero-order chi connectivity index (χ0) is 23.3. The van der Waals surface area contributed by atoms with Gasteiger partial charge in [-0.05, 0) is 36.2 Å². The van der Waals surface area contributed by atoms with Gasteiger partial charge >= 0.3 is 0 Å². The summed E-state index contributed by atoms with van der Waals surface area (Å²) in [5.41, 5.74) is 2.40. The van der Waals surface area contributed by atoms with Crippen LogP contribution < -0.4 is 9.62 Å². The van der Waals surface area contributed by atoms with Crippen molar-refractivity contribution in [3.05, 3.63) is 63.6 Å². The summed E-state index contributed by atoms with van der Waals surface area (Å²) in [6.07, 6.45) is 1.05. The first-order valence-corrected chi connectivity index (χ1v) is 12.9. The van der Waals surface area contributed by atoms with Crippen LogP contribution in [0.1, 0.15) is 18.1 Å². The number of nitrogens with one attached hydrogen (secondary N) is 1. The molecule has 7 nitrogen and oxygen atoms in total. The van der Waals surface area contributed by atoms with Crippen molar-refractivity contribution in [2.45, 2.75) is 26.1 Å². The molecule has 2 aromatic rings. The molecule has 1 fully saturated rings. The molecule has 1 saturated heterocycles. The van der Waals surface area contributed by atoms with Gasteiger partial charge in [-0.1, -0.05) is 47.5 Å². The standard InChI is InChI=1S/C22H27Cl2N3O4S/c1-16(27(32(2,29)30)19-7-8-20(23)21(24)13-19)22(28)25-14-17-3-5-18(6-4-17)15-26-9-11-31-12-10-26/h3-8,13,16H,9-12,14-15H2,1-2H3,(H,25,28)/t16-/m1/s1. The van der Waals surface area contributed by atoms with Gasteiger partial charge in [0.2, 0.25) is 15.9 Å². The van der Waals surface area contributed by atoms with E-state index in [1.807, 2.05) is 24.3 Å². The average Bonchev–Trinajstić information content (AvgIpc) is 2.75. The fourth-order valence-electron chi connectivity index (χ4n) is 3.55. The van der Waals surface area contributed by atoms with Crippen LogP contribution in [0.2, 0.25) is 10.0 Å². The molecule has 1 N–H and O–H groups in total. The smallest absolute Gasteiger partial charge is 0.243 e. The maximum Gasteiger partial charge on any atom is 0.243 e. The molecule has 0 aromatic heterocycles. The number of carbonyl (C=O) groups is 1. The minimum absolute atomic E-state index is 0.211. The second kappa shape index (κ2) is 10.9. The Kier molecular flexibility index (Phi) is 8.41. The lowest BCUT2D eigenvalue weighted by molar-refractivity contribution is -0.122. The van der Waals surface area contributed by atoms with Gasteiger partial charge in [0.25, 0.3) is 0 Å². The summed E-state index contributed by atoms with van der Waals surface area (Å²) in [7, 11) is -3.74. The minimum Gasteiger partial charge on any atom is -0.379 e. The lowest BCUT2D eigenvalue weighted by atomic mass is 10.1. The van der Waals surface area contributed by atoms with E-state index in [1.54, 1.807) is 0 Å². The van der Waals surface area contributed by atoms with Crippen LogP contribution in [0.5, 0.6) is 0 Å². The summed E-state index contributed by atoms with van der Waals surface area (Å²) in [6.45, 7) is 6.05. The van der Waals surface area contributed by atoms with Gasteiger partial charge in [-0.2, -0.15) is 0 Å². The van der Waals surface area contributed by atoms with Crippen molar-refractivity contribution in [3.8, 4) is 0 Å². The zero-order valence-electron chi connectivity index (χ0n) is 18.1. The average molecular weight is 500 g/mol. The Hall–Kier alpha value is -1.84. The number of benzene rings is 2. The highest BCUT2D eigenvalue weighted by atomic mass is 35.5. The largest absolute Gasteiger partial charge is 0.379 e. The monoisotopic (exact) mass is 499 g/mol. The molecule has 32 heavy (non-hydrogen) atoms. The number of carbonyl (C=O) groups excluding carboxylic acids is 1. The van der Waals surface area contributed by atoms with Crippen molar-refractivity contribution in [1.29, 1.82) is 0 Å². The summed E-state index contributed by atoms with van der Waals surface area (Å²) >= 11 is 12.0. The van der Waals surface area contributed by atoms with Gasteiger partial charge in [0.15, 0.2) is 0 Å².